The minimum Gasteiger partial charge on any atom is -0.369 e. The maximum atomic E-state index is 11.5. The second kappa shape index (κ2) is 4.89. The van der Waals surface area contributed by atoms with Gasteiger partial charge in [0.15, 0.2) is 9.84 Å². The van der Waals surface area contributed by atoms with Crippen LogP contribution in [0, 0.1) is 0 Å². The van der Waals surface area contributed by atoms with Crippen LogP contribution in [0.3, 0.4) is 0 Å². The van der Waals surface area contributed by atoms with Crippen LogP contribution in [0.25, 0.3) is 11.0 Å². The molecule has 0 aliphatic carbocycles. The van der Waals surface area contributed by atoms with Crippen LogP contribution < -0.4 is 5.73 Å². The van der Waals surface area contributed by atoms with E-state index in [1.54, 1.807) is 11.5 Å². The van der Waals surface area contributed by atoms with Crippen molar-refractivity contribution in [1.82, 2.24) is 9.55 Å². The minimum absolute atomic E-state index is 0.0786. The molecule has 98 valence electrons. The van der Waals surface area contributed by atoms with E-state index in [0.717, 1.165) is 15.5 Å². The number of hydrogen-bond donors (Lipinski definition) is 1. The van der Waals surface area contributed by atoms with Gasteiger partial charge in [-0.2, -0.15) is 0 Å². The van der Waals surface area contributed by atoms with Crippen LogP contribution in [0.15, 0.2) is 22.7 Å². The molecular weight excluding hydrogens is 318 g/mol. The predicted molar refractivity (Wildman–Crippen MR) is 76.2 cm³/mol. The van der Waals surface area contributed by atoms with Crippen molar-refractivity contribution in [2.75, 3.05) is 17.2 Å². The van der Waals surface area contributed by atoms with Crippen molar-refractivity contribution in [2.45, 2.75) is 13.5 Å². The van der Waals surface area contributed by atoms with E-state index in [1.165, 1.54) is 0 Å². The molecule has 0 unspecified atom stereocenters. The molecule has 0 radical (unpaired) electrons. The lowest BCUT2D eigenvalue weighted by atomic mass is 10.3. The number of benzene rings is 1. The summed E-state index contributed by atoms with van der Waals surface area (Å²) in [7, 11) is -3.00. The first-order chi connectivity index (χ1) is 8.43. The number of halogens is 1. The van der Waals surface area contributed by atoms with E-state index in [1.807, 2.05) is 18.2 Å². The van der Waals surface area contributed by atoms with Crippen LogP contribution in [0.1, 0.15) is 6.92 Å². The smallest absolute Gasteiger partial charge is 0.201 e. The van der Waals surface area contributed by atoms with Gasteiger partial charge in [0.1, 0.15) is 0 Å². The van der Waals surface area contributed by atoms with E-state index in [0.29, 0.717) is 12.5 Å². The van der Waals surface area contributed by atoms with E-state index < -0.39 is 9.84 Å². The summed E-state index contributed by atoms with van der Waals surface area (Å²) in [5.74, 6) is 0.565. The molecule has 0 fully saturated rings. The Morgan fingerprint density at radius 2 is 2.17 bits per heavy atom. The number of nitrogens with zero attached hydrogens (tertiary/aromatic N) is 2. The molecule has 5 nitrogen and oxygen atoms in total. The number of aryl methyl sites for hydroxylation is 1. The maximum Gasteiger partial charge on any atom is 0.201 e. The lowest BCUT2D eigenvalue weighted by Crippen LogP contribution is -2.15. The second-order valence-electron chi connectivity index (χ2n) is 3.99. The summed E-state index contributed by atoms with van der Waals surface area (Å²) in [6.45, 7) is 1.97. The second-order valence-corrected chi connectivity index (χ2v) is 7.38. The fourth-order valence-corrected chi connectivity index (χ4v) is 2.83. The highest BCUT2D eigenvalue weighted by Gasteiger charge is 2.12. The van der Waals surface area contributed by atoms with Gasteiger partial charge in [-0.3, -0.25) is 0 Å². The molecule has 2 rings (SSSR count). The number of hydrogen-bond acceptors (Lipinski definition) is 4. The summed E-state index contributed by atoms with van der Waals surface area (Å²) in [6.07, 6.45) is 0. The summed E-state index contributed by atoms with van der Waals surface area (Å²) in [4.78, 5) is 4.22. The number of imidazole rings is 1. The molecule has 0 saturated heterocycles. The van der Waals surface area contributed by atoms with Gasteiger partial charge in [-0.15, -0.1) is 0 Å². The first kappa shape index (κ1) is 13.4. The maximum absolute atomic E-state index is 11.5. The zero-order valence-corrected chi connectivity index (χ0v) is 12.3. The first-order valence-electron chi connectivity index (χ1n) is 5.54. The monoisotopic (exact) mass is 331 g/mol. The minimum atomic E-state index is -3.00. The molecule has 0 spiro atoms. The number of sulfone groups is 1. The van der Waals surface area contributed by atoms with Crippen molar-refractivity contribution in [2.24, 2.45) is 0 Å². The fourth-order valence-electron chi connectivity index (χ4n) is 1.73. The average molecular weight is 332 g/mol. The molecule has 1 aromatic heterocycles. The average Bonchev–Trinajstić information content (AvgIpc) is 2.61. The Morgan fingerprint density at radius 3 is 2.83 bits per heavy atom. The summed E-state index contributed by atoms with van der Waals surface area (Å²) in [5, 5.41) is 0. The lowest BCUT2D eigenvalue weighted by Gasteiger charge is -2.06. The van der Waals surface area contributed by atoms with Crippen LogP contribution in [0.2, 0.25) is 0 Å². The van der Waals surface area contributed by atoms with Crippen LogP contribution in [-0.4, -0.2) is 29.5 Å². The summed E-state index contributed by atoms with van der Waals surface area (Å²) >= 11 is 3.36. The first-order valence-corrected chi connectivity index (χ1v) is 8.16. The van der Waals surface area contributed by atoms with Gasteiger partial charge in [-0.05, 0) is 18.2 Å². The van der Waals surface area contributed by atoms with Gasteiger partial charge in [-0.1, -0.05) is 22.9 Å². The highest BCUT2D eigenvalue weighted by molar-refractivity contribution is 9.10. The Hall–Kier alpha value is -1.08. The zero-order valence-electron chi connectivity index (χ0n) is 9.93. The number of nitrogen functional groups attached to an aromatic ring is 1. The highest BCUT2D eigenvalue weighted by atomic mass is 79.9. The van der Waals surface area contributed by atoms with Crippen molar-refractivity contribution in [3.63, 3.8) is 0 Å². The quantitative estimate of drug-likeness (QED) is 0.926. The number of rotatable bonds is 4. The van der Waals surface area contributed by atoms with Crippen molar-refractivity contribution in [3.8, 4) is 0 Å². The Labute approximate surface area is 114 Å². The van der Waals surface area contributed by atoms with E-state index >= 15 is 0 Å². The molecule has 1 heterocycles. The Kier molecular flexibility index (Phi) is 3.63. The molecule has 7 heteroatoms. The fraction of sp³-hybridized carbons (Fsp3) is 0.364. The number of nitrogens with two attached hydrogens (primary N) is 1. The van der Waals surface area contributed by atoms with Gasteiger partial charge in [0, 0.05) is 16.8 Å². The number of aromatic nitrogens is 2. The Bertz CT molecular complexity index is 679. The Balaban J connectivity index is 2.36. The third-order valence-corrected chi connectivity index (χ3v) is 4.98. The van der Waals surface area contributed by atoms with Gasteiger partial charge in [-0.25, -0.2) is 13.4 Å². The molecule has 0 amide bonds. The molecule has 0 aliphatic heterocycles. The summed E-state index contributed by atoms with van der Waals surface area (Å²) in [6, 6.07) is 5.62. The van der Waals surface area contributed by atoms with Gasteiger partial charge in [0.05, 0.1) is 16.8 Å². The predicted octanol–water partition coefficient (Wildman–Crippen LogP) is 1.82. The number of fused-ring (bicyclic) bond motifs is 1. The number of anilines is 1. The SMILES string of the molecule is CCS(=O)(=O)CCn1c(N)nc2cc(Br)ccc21. The topological polar surface area (TPSA) is 78.0 Å². The third-order valence-electron chi connectivity index (χ3n) is 2.81. The molecule has 1 aromatic carbocycles. The van der Waals surface area contributed by atoms with Crippen LogP contribution >= 0.6 is 15.9 Å². The van der Waals surface area contributed by atoms with Gasteiger partial charge in [0.25, 0.3) is 0 Å². The van der Waals surface area contributed by atoms with Crippen LogP contribution in [0.5, 0.6) is 0 Å². The summed E-state index contributed by atoms with van der Waals surface area (Å²) < 4.78 is 25.7. The largest absolute Gasteiger partial charge is 0.369 e. The zero-order chi connectivity index (χ0) is 13.3. The van der Waals surface area contributed by atoms with Gasteiger partial charge in [0.2, 0.25) is 5.95 Å². The van der Waals surface area contributed by atoms with Crippen LogP contribution in [-0.2, 0) is 16.4 Å². The molecule has 0 bridgehead atoms. The molecule has 2 aromatic rings. The van der Waals surface area contributed by atoms with E-state index in [9.17, 15) is 8.42 Å². The highest BCUT2D eigenvalue weighted by Crippen LogP contribution is 2.22. The van der Waals surface area contributed by atoms with Gasteiger partial charge >= 0.3 is 0 Å². The van der Waals surface area contributed by atoms with Crippen LogP contribution in [0.4, 0.5) is 5.95 Å². The molecule has 18 heavy (non-hydrogen) atoms. The normalized spacial score (nSPS) is 12.1. The standard InChI is InChI=1S/C11H14BrN3O2S/c1-2-18(16,17)6-5-15-10-4-3-8(12)7-9(10)14-11(15)13/h3-4,7H,2,5-6H2,1H3,(H2,13,14). The molecule has 0 aliphatic rings. The molecule has 2 N–H and O–H groups in total. The van der Waals surface area contributed by atoms with Crippen molar-refractivity contribution < 1.29 is 8.42 Å². The molecular formula is C11H14BrN3O2S. The van der Waals surface area contributed by atoms with E-state index in [4.69, 9.17) is 5.73 Å². The van der Waals surface area contributed by atoms with Gasteiger partial charge < -0.3 is 10.3 Å². The van der Waals surface area contributed by atoms with Crippen molar-refractivity contribution in [3.05, 3.63) is 22.7 Å². The Morgan fingerprint density at radius 1 is 1.44 bits per heavy atom. The molecule has 0 atom stereocenters. The van der Waals surface area contributed by atoms with Crippen molar-refractivity contribution >= 4 is 42.7 Å². The van der Waals surface area contributed by atoms with E-state index in [-0.39, 0.29) is 11.5 Å². The summed E-state index contributed by atoms with van der Waals surface area (Å²) in [5.41, 5.74) is 7.42. The third kappa shape index (κ3) is 2.67. The lowest BCUT2D eigenvalue weighted by molar-refractivity contribution is 0.591. The van der Waals surface area contributed by atoms with E-state index in [2.05, 4.69) is 20.9 Å². The molecule has 0 saturated carbocycles. The van der Waals surface area contributed by atoms with Crippen molar-refractivity contribution in [1.29, 1.82) is 0 Å².